The Bertz CT molecular complexity index is 775. The van der Waals surface area contributed by atoms with Gasteiger partial charge in [0.15, 0.2) is 0 Å². The number of hydrogen-bond acceptors (Lipinski definition) is 5. The fourth-order valence-corrected chi connectivity index (χ4v) is 3.27. The molecule has 108 valence electrons. The first-order valence-corrected chi connectivity index (χ1v) is 8.12. The third-order valence-corrected chi connectivity index (χ3v) is 5.29. The Morgan fingerprint density at radius 3 is 2.60 bits per heavy atom. The molecule has 0 fully saturated rings. The summed E-state index contributed by atoms with van der Waals surface area (Å²) in [6.45, 7) is 2.02. The topological polar surface area (TPSA) is 72.3 Å². The fourth-order valence-electron chi connectivity index (χ4n) is 1.70. The van der Waals surface area contributed by atoms with E-state index in [2.05, 4.69) is 5.10 Å². The van der Waals surface area contributed by atoms with E-state index in [4.69, 9.17) is 0 Å². The molecule has 0 bridgehead atoms. The summed E-state index contributed by atoms with van der Waals surface area (Å²) in [6, 6.07) is 6.54. The van der Waals surface area contributed by atoms with Gasteiger partial charge in [0.1, 0.15) is 5.01 Å². The van der Waals surface area contributed by atoms with E-state index >= 15 is 0 Å². The highest BCUT2D eigenvalue weighted by Crippen LogP contribution is 2.15. The van der Waals surface area contributed by atoms with Gasteiger partial charge in [-0.15, -0.1) is 0 Å². The van der Waals surface area contributed by atoms with Crippen LogP contribution in [0.5, 0.6) is 0 Å². The SMILES string of the molecule is Cc1nn(Cc2cccc(S(=O)(=O)N(C)C)c2)c(=O)s1. The molecule has 0 atom stereocenters. The number of nitrogens with zero attached hydrogens (tertiary/aromatic N) is 3. The van der Waals surface area contributed by atoms with Crippen molar-refractivity contribution in [2.75, 3.05) is 14.1 Å². The summed E-state index contributed by atoms with van der Waals surface area (Å²) in [5.41, 5.74) is 0.723. The molecule has 8 heteroatoms. The van der Waals surface area contributed by atoms with Gasteiger partial charge in [0, 0.05) is 14.1 Å². The van der Waals surface area contributed by atoms with Crippen molar-refractivity contribution in [3.05, 3.63) is 44.5 Å². The lowest BCUT2D eigenvalue weighted by Gasteiger charge is -2.12. The van der Waals surface area contributed by atoms with Gasteiger partial charge in [-0.3, -0.25) is 4.79 Å². The number of sulfonamides is 1. The number of aromatic nitrogens is 2. The summed E-state index contributed by atoms with van der Waals surface area (Å²) in [4.78, 5) is 11.7. The van der Waals surface area contributed by atoms with Gasteiger partial charge >= 0.3 is 4.87 Å². The van der Waals surface area contributed by atoms with Crippen LogP contribution in [0.15, 0.2) is 34.0 Å². The van der Waals surface area contributed by atoms with Crippen molar-refractivity contribution in [1.82, 2.24) is 14.1 Å². The van der Waals surface area contributed by atoms with E-state index in [9.17, 15) is 13.2 Å². The van der Waals surface area contributed by atoms with Crippen LogP contribution in [0.2, 0.25) is 0 Å². The van der Waals surface area contributed by atoms with Crippen LogP contribution in [-0.2, 0) is 16.6 Å². The van der Waals surface area contributed by atoms with Crippen molar-refractivity contribution in [2.45, 2.75) is 18.4 Å². The molecule has 20 heavy (non-hydrogen) atoms. The minimum absolute atomic E-state index is 0.150. The maximum absolute atomic E-state index is 12.1. The van der Waals surface area contributed by atoms with Crippen molar-refractivity contribution in [3.63, 3.8) is 0 Å². The molecule has 0 N–H and O–H groups in total. The van der Waals surface area contributed by atoms with Crippen LogP contribution in [0, 0.1) is 6.92 Å². The van der Waals surface area contributed by atoms with Crippen LogP contribution in [0.25, 0.3) is 0 Å². The van der Waals surface area contributed by atoms with Crippen LogP contribution in [0.3, 0.4) is 0 Å². The van der Waals surface area contributed by atoms with E-state index in [1.165, 1.54) is 24.8 Å². The molecule has 2 aromatic rings. The molecule has 1 heterocycles. The minimum atomic E-state index is -3.47. The molecule has 6 nitrogen and oxygen atoms in total. The maximum atomic E-state index is 12.1. The molecule has 0 radical (unpaired) electrons. The molecule has 2 rings (SSSR count). The molecule has 0 aliphatic rings. The van der Waals surface area contributed by atoms with Crippen LogP contribution in [0.1, 0.15) is 10.6 Å². The van der Waals surface area contributed by atoms with Gasteiger partial charge in [-0.05, 0) is 24.6 Å². The molecule has 0 saturated carbocycles. The second-order valence-electron chi connectivity index (χ2n) is 4.48. The van der Waals surface area contributed by atoms with Gasteiger partial charge in [0.2, 0.25) is 10.0 Å². The summed E-state index contributed by atoms with van der Waals surface area (Å²) in [5, 5.41) is 4.78. The Labute approximate surface area is 121 Å². The predicted molar refractivity (Wildman–Crippen MR) is 77.5 cm³/mol. The normalized spacial score (nSPS) is 12.0. The Balaban J connectivity index is 2.36. The van der Waals surface area contributed by atoms with Crippen molar-refractivity contribution < 1.29 is 8.42 Å². The van der Waals surface area contributed by atoms with Crippen LogP contribution >= 0.6 is 11.3 Å². The zero-order valence-corrected chi connectivity index (χ0v) is 13.0. The average molecular weight is 313 g/mol. The van der Waals surface area contributed by atoms with E-state index in [1.807, 2.05) is 0 Å². The molecule has 0 aliphatic carbocycles. The summed E-state index contributed by atoms with van der Waals surface area (Å²) in [5.74, 6) is 0. The third-order valence-electron chi connectivity index (χ3n) is 2.72. The highest BCUT2D eigenvalue weighted by molar-refractivity contribution is 7.89. The van der Waals surface area contributed by atoms with E-state index in [1.54, 1.807) is 25.1 Å². The summed E-state index contributed by atoms with van der Waals surface area (Å²) in [7, 11) is -0.504. The molecule has 1 aromatic heterocycles. The third kappa shape index (κ3) is 2.97. The van der Waals surface area contributed by atoms with Crippen LogP contribution < -0.4 is 4.87 Å². The Hall–Kier alpha value is -1.51. The first kappa shape index (κ1) is 14.9. The van der Waals surface area contributed by atoms with Gasteiger partial charge in [-0.1, -0.05) is 23.5 Å². The number of hydrogen-bond donors (Lipinski definition) is 0. The second kappa shape index (κ2) is 5.47. The number of aryl methyl sites for hydroxylation is 1. The van der Waals surface area contributed by atoms with Gasteiger partial charge in [0.25, 0.3) is 0 Å². The first-order chi connectivity index (χ1) is 9.30. The lowest BCUT2D eigenvalue weighted by molar-refractivity contribution is 0.520. The number of rotatable bonds is 4. The molecular formula is C12H15N3O3S2. The van der Waals surface area contributed by atoms with Gasteiger partial charge in [-0.25, -0.2) is 17.4 Å². The molecular weight excluding hydrogens is 298 g/mol. The smallest absolute Gasteiger partial charge is 0.255 e. The first-order valence-electron chi connectivity index (χ1n) is 5.87. The van der Waals surface area contributed by atoms with Crippen LogP contribution in [-0.4, -0.2) is 36.6 Å². The molecule has 0 amide bonds. The van der Waals surface area contributed by atoms with Gasteiger partial charge in [-0.2, -0.15) is 5.10 Å². The fraction of sp³-hybridized carbons (Fsp3) is 0.333. The van der Waals surface area contributed by atoms with Gasteiger partial charge < -0.3 is 0 Å². The number of benzene rings is 1. The molecule has 1 aromatic carbocycles. The summed E-state index contributed by atoms with van der Waals surface area (Å²) in [6.07, 6.45) is 0. The highest BCUT2D eigenvalue weighted by Gasteiger charge is 2.17. The monoisotopic (exact) mass is 313 g/mol. The minimum Gasteiger partial charge on any atom is -0.255 e. The van der Waals surface area contributed by atoms with Crippen molar-refractivity contribution in [1.29, 1.82) is 0 Å². The lowest BCUT2D eigenvalue weighted by Crippen LogP contribution is -2.22. The quantitative estimate of drug-likeness (QED) is 0.841. The Kier molecular flexibility index (Phi) is 4.07. The maximum Gasteiger partial charge on any atom is 0.325 e. The second-order valence-corrected chi connectivity index (χ2v) is 7.78. The lowest BCUT2D eigenvalue weighted by atomic mass is 10.2. The Morgan fingerprint density at radius 1 is 1.35 bits per heavy atom. The zero-order chi connectivity index (χ0) is 14.9. The van der Waals surface area contributed by atoms with Crippen molar-refractivity contribution in [3.8, 4) is 0 Å². The average Bonchev–Trinajstić information content (AvgIpc) is 2.68. The summed E-state index contributed by atoms with van der Waals surface area (Å²) < 4.78 is 26.6. The molecule has 0 aliphatic heterocycles. The zero-order valence-electron chi connectivity index (χ0n) is 11.4. The predicted octanol–water partition coefficient (Wildman–Crippen LogP) is 0.912. The van der Waals surface area contributed by atoms with Crippen molar-refractivity contribution in [2.24, 2.45) is 0 Å². The van der Waals surface area contributed by atoms with Crippen molar-refractivity contribution >= 4 is 21.4 Å². The standard InChI is InChI=1S/C12H15N3O3S2/c1-9-13-15(12(16)19-9)8-10-5-4-6-11(7-10)20(17,18)14(2)3/h4-7H,8H2,1-3H3. The van der Waals surface area contributed by atoms with E-state index < -0.39 is 10.0 Å². The Morgan fingerprint density at radius 2 is 2.05 bits per heavy atom. The largest absolute Gasteiger partial charge is 0.325 e. The molecule has 0 saturated heterocycles. The van der Waals surface area contributed by atoms with E-state index in [0.29, 0.717) is 5.01 Å². The molecule has 0 unspecified atom stereocenters. The van der Waals surface area contributed by atoms with E-state index in [-0.39, 0.29) is 16.3 Å². The van der Waals surface area contributed by atoms with Gasteiger partial charge in [0.05, 0.1) is 11.4 Å². The van der Waals surface area contributed by atoms with E-state index in [0.717, 1.165) is 21.2 Å². The summed E-state index contributed by atoms with van der Waals surface area (Å²) >= 11 is 1.07. The molecule has 0 spiro atoms. The highest BCUT2D eigenvalue weighted by atomic mass is 32.2. The van der Waals surface area contributed by atoms with Crippen LogP contribution in [0.4, 0.5) is 0 Å².